The predicted molar refractivity (Wildman–Crippen MR) is 162 cm³/mol. The van der Waals surface area contributed by atoms with Crippen molar-refractivity contribution < 1.29 is 14.3 Å². The van der Waals surface area contributed by atoms with Gasteiger partial charge in [-0.2, -0.15) is 0 Å². The Kier molecular flexibility index (Phi) is 9.26. The van der Waals surface area contributed by atoms with Crippen molar-refractivity contribution in [2.24, 2.45) is 5.92 Å². The topological polar surface area (TPSA) is 90.9 Å². The summed E-state index contributed by atoms with van der Waals surface area (Å²) in [5, 5.41) is 3.18. The molecule has 42 heavy (non-hydrogen) atoms. The van der Waals surface area contributed by atoms with Gasteiger partial charge in [0.2, 0.25) is 0 Å². The van der Waals surface area contributed by atoms with Gasteiger partial charge in [0.05, 0.1) is 35.6 Å². The Bertz CT molecular complexity index is 1130. The number of aromatic nitrogens is 2. The van der Waals surface area contributed by atoms with Gasteiger partial charge in [0.15, 0.2) is 5.78 Å². The standard InChI is InChI=1S/C33H50N6O3/c1-4-37(5-2)17-8-9-22(3)36-33(41)25-21-39-27-10-6-7-11-29(27)42-32-28(13-12-24(30(32)39)31(25)40)38-18-14-23(20-38)26-19-34-15-16-35-26/h15-16,19,21-24,27-30,32H,4-14,17-18,20H2,1-3H3,(H,36,41). The van der Waals surface area contributed by atoms with E-state index in [9.17, 15) is 9.59 Å². The highest BCUT2D eigenvalue weighted by atomic mass is 16.5. The normalized spacial score (nSPS) is 33.6. The van der Waals surface area contributed by atoms with Gasteiger partial charge >= 0.3 is 0 Å². The first-order chi connectivity index (χ1) is 20.5. The zero-order chi connectivity index (χ0) is 29.2. The van der Waals surface area contributed by atoms with Crippen LogP contribution in [0.3, 0.4) is 0 Å². The number of nitrogens with one attached hydrogen (secondary N) is 1. The van der Waals surface area contributed by atoms with E-state index >= 15 is 0 Å². The van der Waals surface area contributed by atoms with Gasteiger partial charge in [-0.05, 0) is 78.0 Å². The highest BCUT2D eigenvalue weighted by Gasteiger charge is 2.57. The second-order valence-electron chi connectivity index (χ2n) is 13.2. The van der Waals surface area contributed by atoms with E-state index in [0.29, 0.717) is 11.5 Å². The number of likely N-dealkylation sites (tertiary alicyclic amines) is 1. The fourth-order valence-electron chi connectivity index (χ4n) is 8.52. The predicted octanol–water partition coefficient (Wildman–Crippen LogP) is 3.52. The van der Waals surface area contributed by atoms with Crippen molar-refractivity contribution in [1.29, 1.82) is 0 Å². The number of Topliss-reactive ketones (excluding diaryl/α,β-unsaturated/α-hetero) is 1. The third-order valence-corrected chi connectivity index (χ3v) is 10.8. The quantitative estimate of drug-likeness (QED) is 0.422. The van der Waals surface area contributed by atoms with Crippen molar-refractivity contribution in [2.75, 3.05) is 32.7 Å². The van der Waals surface area contributed by atoms with Crippen molar-refractivity contribution in [1.82, 2.24) is 30.0 Å². The molecule has 4 fully saturated rings. The van der Waals surface area contributed by atoms with Crippen LogP contribution < -0.4 is 5.32 Å². The third kappa shape index (κ3) is 5.89. The molecule has 5 aliphatic rings. The molecule has 3 aliphatic heterocycles. The lowest BCUT2D eigenvalue weighted by atomic mass is 9.70. The summed E-state index contributed by atoms with van der Waals surface area (Å²) in [5.74, 6) is 0.0221. The van der Waals surface area contributed by atoms with Gasteiger partial charge in [-0.3, -0.25) is 24.5 Å². The summed E-state index contributed by atoms with van der Waals surface area (Å²) in [6, 6.07) is 0.567. The maximum Gasteiger partial charge on any atom is 0.256 e. The Morgan fingerprint density at radius 1 is 1.12 bits per heavy atom. The highest BCUT2D eigenvalue weighted by Crippen LogP contribution is 2.46. The molecule has 0 radical (unpaired) electrons. The van der Waals surface area contributed by atoms with Crippen LogP contribution in [0, 0.1) is 5.92 Å². The number of nitrogens with zero attached hydrogens (tertiary/aromatic N) is 5. The minimum atomic E-state index is -0.197. The van der Waals surface area contributed by atoms with Gasteiger partial charge in [0, 0.05) is 55.3 Å². The molecule has 1 aromatic rings. The van der Waals surface area contributed by atoms with Crippen molar-refractivity contribution >= 4 is 11.7 Å². The van der Waals surface area contributed by atoms with Crippen LogP contribution in [-0.4, -0.2) is 105 Å². The van der Waals surface area contributed by atoms with E-state index < -0.39 is 0 Å². The molecule has 0 bridgehead atoms. The average molecular weight is 579 g/mol. The zero-order valence-electron chi connectivity index (χ0n) is 25.8. The highest BCUT2D eigenvalue weighted by molar-refractivity contribution is 6.20. The van der Waals surface area contributed by atoms with E-state index in [1.165, 1.54) is 12.8 Å². The summed E-state index contributed by atoms with van der Waals surface area (Å²) in [5.41, 5.74) is 1.43. The van der Waals surface area contributed by atoms with Gasteiger partial charge in [-0.15, -0.1) is 0 Å². The molecule has 0 spiro atoms. The minimum absolute atomic E-state index is 0.00853. The number of rotatable bonds is 10. The van der Waals surface area contributed by atoms with Crippen LogP contribution in [0.5, 0.6) is 0 Å². The molecule has 8 unspecified atom stereocenters. The number of morpholine rings is 1. The van der Waals surface area contributed by atoms with E-state index in [4.69, 9.17) is 4.74 Å². The molecule has 2 aliphatic carbocycles. The van der Waals surface area contributed by atoms with Crippen LogP contribution in [-0.2, 0) is 14.3 Å². The Morgan fingerprint density at radius 2 is 1.95 bits per heavy atom. The van der Waals surface area contributed by atoms with Gasteiger partial charge < -0.3 is 19.9 Å². The van der Waals surface area contributed by atoms with E-state index in [2.05, 4.69) is 50.8 Å². The lowest BCUT2D eigenvalue weighted by molar-refractivity contribution is -0.199. The molecule has 9 heteroatoms. The molecule has 9 nitrogen and oxygen atoms in total. The number of carbonyl (C=O) groups excluding carboxylic acids is 2. The number of ether oxygens (including phenoxy) is 1. The SMILES string of the molecule is CCN(CC)CCCC(C)NC(=O)C1=CN2C3CCCCC3OC3C(N4CCC(c5cnccn5)C4)CCC(C1=O)C32. The summed E-state index contributed by atoms with van der Waals surface area (Å²) in [7, 11) is 0. The van der Waals surface area contributed by atoms with Gasteiger partial charge in [0.25, 0.3) is 5.91 Å². The van der Waals surface area contributed by atoms with Crippen LogP contribution in [0.2, 0.25) is 0 Å². The molecular weight excluding hydrogens is 528 g/mol. The van der Waals surface area contributed by atoms with Gasteiger partial charge in [-0.1, -0.05) is 26.7 Å². The Morgan fingerprint density at radius 3 is 2.74 bits per heavy atom. The van der Waals surface area contributed by atoms with E-state index in [-0.39, 0.29) is 54.0 Å². The Hall–Kier alpha value is -2.36. The fraction of sp³-hybridized carbons (Fsp3) is 0.758. The third-order valence-electron chi connectivity index (χ3n) is 10.8. The molecule has 0 aromatic carbocycles. The molecule has 1 aromatic heterocycles. The fourth-order valence-corrected chi connectivity index (χ4v) is 8.52. The first-order valence-electron chi connectivity index (χ1n) is 16.7. The lowest BCUT2D eigenvalue weighted by Crippen LogP contribution is -2.70. The molecular formula is C33H50N6O3. The largest absolute Gasteiger partial charge is 0.369 e. The van der Waals surface area contributed by atoms with Crippen molar-refractivity contribution in [3.63, 3.8) is 0 Å². The maximum atomic E-state index is 14.0. The second-order valence-corrected chi connectivity index (χ2v) is 13.2. The van der Waals surface area contributed by atoms with Crippen LogP contribution >= 0.6 is 0 Å². The average Bonchev–Trinajstić information content (AvgIpc) is 3.51. The van der Waals surface area contributed by atoms with Crippen molar-refractivity contribution in [2.45, 2.75) is 121 Å². The first kappa shape index (κ1) is 29.7. The molecule has 2 saturated heterocycles. The van der Waals surface area contributed by atoms with Crippen LogP contribution in [0.25, 0.3) is 0 Å². The van der Waals surface area contributed by atoms with Crippen molar-refractivity contribution in [3.8, 4) is 0 Å². The summed E-state index contributed by atoms with van der Waals surface area (Å²) in [6.45, 7) is 11.5. The smallest absolute Gasteiger partial charge is 0.256 e. The number of hydrogen-bond acceptors (Lipinski definition) is 8. The van der Waals surface area contributed by atoms with Crippen LogP contribution in [0.1, 0.15) is 90.2 Å². The molecule has 6 rings (SSSR count). The minimum Gasteiger partial charge on any atom is -0.369 e. The van der Waals surface area contributed by atoms with Gasteiger partial charge in [-0.25, -0.2) is 0 Å². The summed E-state index contributed by atoms with van der Waals surface area (Å²) in [6.07, 6.45) is 16.7. The van der Waals surface area contributed by atoms with Crippen molar-refractivity contribution in [3.05, 3.63) is 36.1 Å². The van der Waals surface area contributed by atoms with E-state index in [1.54, 1.807) is 12.4 Å². The Balaban J connectivity index is 1.18. The number of fused-ring (bicyclic) bond motifs is 2. The summed E-state index contributed by atoms with van der Waals surface area (Å²) < 4.78 is 6.99. The molecule has 1 N–H and O–H groups in total. The zero-order valence-corrected chi connectivity index (χ0v) is 25.8. The number of ketones is 1. The summed E-state index contributed by atoms with van der Waals surface area (Å²) >= 11 is 0. The lowest BCUT2D eigenvalue weighted by Gasteiger charge is -2.59. The molecule has 1 amide bonds. The molecule has 2 saturated carbocycles. The number of hydrogen-bond donors (Lipinski definition) is 1. The maximum absolute atomic E-state index is 14.0. The molecule has 4 heterocycles. The number of amides is 1. The molecule has 230 valence electrons. The van der Waals surface area contributed by atoms with Crippen LogP contribution in [0.15, 0.2) is 30.4 Å². The molecule has 8 atom stereocenters. The summed E-state index contributed by atoms with van der Waals surface area (Å²) in [4.78, 5) is 43.9. The first-order valence-corrected chi connectivity index (χ1v) is 16.7. The monoisotopic (exact) mass is 578 g/mol. The van der Waals surface area contributed by atoms with Gasteiger partial charge in [0.1, 0.15) is 0 Å². The Labute approximate surface area is 251 Å². The van der Waals surface area contributed by atoms with Crippen LogP contribution in [0.4, 0.5) is 0 Å². The van der Waals surface area contributed by atoms with E-state index in [1.807, 2.05) is 12.4 Å². The second kappa shape index (κ2) is 13.1. The van der Waals surface area contributed by atoms with E-state index in [0.717, 1.165) is 83.4 Å². The number of carbonyl (C=O) groups is 2.